The zero-order valence-electron chi connectivity index (χ0n) is 18.8. The molecule has 0 bridgehead atoms. The van der Waals surface area contributed by atoms with Crippen LogP contribution in [0.1, 0.15) is 22.5 Å². The molecule has 0 saturated heterocycles. The van der Waals surface area contributed by atoms with Crippen molar-refractivity contribution >= 4 is 28.6 Å². The van der Waals surface area contributed by atoms with Gasteiger partial charge in [-0.1, -0.05) is 18.2 Å². The number of aryl methyl sites for hydroxylation is 1. The minimum atomic E-state index is -0.441. The molecular weight excluding hydrogens is 430 g/mol. The van der Waals surface area contributed by atoms with E-state index in [4.69, 9.17) is 0 Å². The Bertz CT molecular complexity index is 1450. The number of fused-ring (bicyclic) bond motifs is 1. The molecule has 0 unspecified atom stereocenters. The molecule has 2 N–H and O–H groups in total. The first kappa shape index (κ1) is 22.6. The van der Waals surface area contributed by atoms with E-state index in [1.165, 1.54) is 12.1 Å². The lowest BCUT2D eigenvalue weighted by Gasteiger charge is -2.09. The topological polar surface area (TPSA) is 117 Å². The summed E-state index contributed by atoms with van der Waals surface area (Å²) in [7, 11) is 0. The number of hydrogen-bond acceptors (Lipinski definition) is 4. The maximum atomic E-state index is 12.7. The van der Waals surface area contributed by atoms with Crippen molar-refractivity contribution in [2.75, 3.05) is 6.54 Å². The van der Waals surface area contributed by atoms with Gasteiger partial charge in [0, 0.05) is 52.9 Å². The molecule has 0 spiro atoms. The van der Waals surface area contributed by atoms with Crippen molar-refractivity contribution in [3.8, 4) is 11.8 Å². The summed E-state index contributed by atoms with van der Waals surface area (Å²) in [4.78, 5) is 26.4. The molecule has 0 fully saturated rings. The standard InChI is InChI=1S/C26H23N5O3/c1-17-13-20(18(2)30(17)22-7-9-23(10-8-22)31(33)34)14-21(15-27)26(32)28-12-11-19-16-29-25-6-4-3-5-24(19)25/h3-10,13-14,16,29H,11-12H2,1-2H3,(H,28,32)/b21-14+. The summed E-state index contributed by atoms with van der Waals surface area (Å²) in [5.41, 5.74) is 5.39. The Kier molecular flexibility index (Phi) is 6.28. The number of para-hydroxylation sites is 1. The number of rotatable bonds is 7. The van der Waals surface area contributed by atoms with Gasteiger partial charge in [0.1, 0.15) is 11.6 Å². The molecule has 0 saturated carbocycles. The van der Waals surface area contributed by atoms with Gasteiger partial charge in [-0.25, -0.2) is 0 Å². The van der Waals surface area contributed by atoms with E-state index in [0.29, 0.717) is 13.0 Å². The van der Waals surface area contributed by atoms with Crippen LogP contribution in [0.15, 0.2) is 66.4 Å². The third-order valence-corrected chi connectivity index (χ3v) is 5.81. The molecule has 34 heavy (non-hydrogen) atoms. The molecule has 8 heteroatoms. The van der Waals surface area contributed by atoms with Crippen LogP contribution in [-0.4, -0.2) is 26.9 Å². The number of amides is 1. The average molecular weight is 454 g/mol. The number of benzene rings is 2. The number of non-ortho nitro benzene ring substituents is 1. The Morgan fingerprint density at radius 1 is 1.21 bits per heavy atom. The fraction of sp³-hybridized carbons (Fsp3) is 0.154. The summed E-state index contributed by atoms with van der Waals surface area (Å²) in [5.74, 6) is -0.428. The maximum Gasteiger partial charge on any atom is 0.269 e. The second-order valence-corrected chi connectivity index (χ2v) is 7.97. The van der Waals surface area contributed by atoms with Crippen LogP contribution in [0.5, 0.6) is 0 Å². The van der Waals surface area contributed by atoms with Crippen LogP contribution in [0, 0.1) is 35.3 Å². The number of nitrogens with zero attached hydrogens (tertiary/aromatic N) is 3. The van der Waals surface area contributed by atoms with E-state index in [0.717, 1.165) is 39.1 Å². The third kappa shape index (κ3) is 4.45. The largest absolute Gasteiger partial charge is 0.361 e. The number of aromatic nitrogens is 2. The number of nitro benzene ring substituents is 1. The van der Waals surface area contributed by atoms with Gasteiger partial charge < -0.3 is 14.9 Å². The fourth-order valence-corrected chi connectivity index (χ4v) is 4.10. The highest BCUT2D eigenvalue weighted by atomic mass is 16.6. The van der Waals surface area contributed by atoms with Crippen LogP contribution in [0.4, 0.5) is 5.69 Å². The normalized spacial score (nSPS) is 11.4. The zero-order valence-corrected chi connectivity index (χ0v) is 18.8. The molecule has 4 rings (SSSR count). The number of aromatic amines is 1. The van der Waals surface area contributed by atoms with Gasteiger partial charge in [-0.3, -0.25) is 14.9 Å². The molecule has 1 amide bonds. The lowest BCUT2D eigenvalue weighted by molar-refractivity contribution is -0.384. The first-order valence-electron chi connectivity index (χ1n) is 10.8. The van der Waals surface area contributed by atoms with E-state index >= 15 is 0 Å². The van der Waals surface area contributed by atoms with Crippen molar-refractivity contribution in [1.82, 2.24) is 14.9 Å². The molecule has 0 aliphatic heterocycles. The fourth-order valence-electron chi connectivity index (χ4n) is 4.10. The molecule has 8 nitrogen and oxygen atoms in total. The van der Waals surface area contributed by atoms with Crippen molar-refractivity contribution in [2.45, 2.75) is 20.3 Å². The molecule has 0 atom stereocenters. The SMILES string of the molecule is Cc1cc(/C=C(\C#N)C(=O)NCCc2c[nH]c3ccccc23)c(C)n1-c1ccc([N+](=O)[O-])cc1. The Morgan fingerprint density at radius 3 is 2.65 bits per heavy atom. The Labute approximate surface area is 196 Å². The second kappa shape index (κ2) is 9.46. The predicted octanol–water partition coefficient (Wildman–Crippen LogP) is 4.75. The molecule has 0 aliphatic rings. The Morgan fingerprint density at radius 2 is 1.94 bits per heavy atom. The first-order chi connectivity index (χ1) is 16.4. The average Bonchev–Trinajstić information content (AvgIpc) is 3.37. The quantitative estimate of drug-likeness (QED) is 0.182. The molecule has 0 radical (unpaired) electrons. The van der Waals surface area contributed by atoms with Crippen LogP contribution in [-0.2, 0) is 11.2 Å². The molecule has 2 aromatic heterocycles. The van der Waals surface area contributed by atoms with E-state index < -0.39 is 10.8 Å². The van der Waals surface area contributed by atoms with Crippen LogP contribution in [0.2, 0.25) is 0 Å². The summed E-state index contributed by atoms with van der Waals surface area (Å²) in [5, 5.41) is 24.5. The van der Waals surface area contributed by atoms with Gasteiger partial charge >= 0.3 is 0 Å². The van der Waals surface area contributed by atoms with Crippen molar-refractivity contribution in [3.05, 3.63) is 99.0 Å². The lowest BCUT2D eigenvalue weighted by Crippen LogP contribution is -2.26. The monoisotopic (exact) mass is 453 g/mol. The van der Waals surface area contributed by atoms with Crippen molar-refractivity contribution in [1.29, 1.82) is 5.26 Å². The zero-order chi connectivity index (χ0) is 24.2. The summed E-state index contributed by atoms with van der Waals surface area (Å²) < 4.78 is 1.93. The van der Waals surface area contributed by atoms with E-state index in [-0.39, 0.29) is 11.3 Å². The Hall–Kier alpha value is -4.64. The van der Waals surface area contributed by atoms with Gasteiger partial charge in [-0.05, 0) is 61.7 Å². The number of carbonyl (C=O) groups excluding carboxylic acids is 1. The van der Waals surface area contributed by atoms with E-state index in [1.807, 2.05) is 61.0 Å². The number of nitriles is 1. The third-order valence-electron chi connectivity index (χ3n) is 5.81. The highest BCUT2D eigenvalue weighted by Crippen LogP contribution is 2.24. The molecular formula is C26H23N5O3. The van der Waals surface area contributed by atoms with Gasteiger partial charge in [0.05, 0.1) is 4.92 Å². The summed E-state index contributed by atoms with van der Waals surface area (Å²) >= 11 is 0. The van der Waals surface area contributed by atoms with Crippen molar-refractivity contribution in [3.63, 3.8) is 0 Å². The molecule has 0 aliphatic carbocycles. The number of nitrogens with one attached hydrogen (secondary N) is 2. The highest BCUT2D eigenvalue weighted by molar-refractivity contribution is 6.01. The molecule has 170 valence electrons. The number of hydrogen-bond donors (Lipinski definition) is 2. The molecule has 2 heterocycles. The minimum Gasteiger partial charge on any atom is -0.361 e. The summed E-state index contributed by atoms with van der Waals surface area (Å²) in [6.45, 7) is 4.19. The Balaban J connectivity index is 1.49. The number of carbonyl (C=O) groups is 1. The van der Waals surface area contributed by atoms with E-state index in [9.17, 15) is 20.2 Å². The lowest BCUT2D eigenvalue weighted by atomic mass is 10.1. The van der Waals surface area contributed by atoms with Crippen LogP contribution >= 0.6 is 0 Å². The van der Waals surface area contributed by atoms with E-state index in [2.05, 4.69) is 10.3 Å². The molecule has 2 aromatic carbocycles. The smallest absolute Gasteiger partial charge is 0.269 e. The van der Waals surface area contributed by atoms with Crippen LogP contribution in [0.25, 0.3) is 22.7 Å². The first-order valence-corrected chi connectivity index (χ1v) is 10.8. The summed E-state index contributed by atoms with van der Waals surface area (Å²) in [6.07, 6.45) is 4.15. The maximum absolute atomic E-state index is 12.7. The van der Waals surface area contributed by atoms with Gasteiger partial charge in [0.2, 0.25) is 0 Å². The van der Waals surface area contributed by atoms with E-state index in [1.54, 1.807) is 18.2 Å². The minimum absolute atomic E-state index is 0.0161. The molecule has 4 aromatic rings. The van der Waals surface area contributed by atoms with Crippen LogP contribution in [0.3, 0.4) is 0 Å². The van der Waals surface area contributed by atoms with Gasteiger partial charge in [-0.2, -0.15) is 5.26 Å². The van der Waals surface area contributed by atoms with Crippen LogP contribution < -0.4 is 5.32 Å². The predicted molar refractivity (Wildman–Crippen MR) is 130 cm³/mol. The van der Waals surface area contributed by atoms with Gasteiger partial charge in [0.25, 0.3) is 11.6 Å². The van der Waals surface area contributed by atoms with Gasteiger partial charge in [-0.15, -0.1) is 0 Å². The highest BCUT2D eigenvalue weighted by Gasteiger charge is 2.15. The number of nitro groups is 1. The van der Waals surface area contributed by atoms with Gasteiger partial charge in [0.15, 0.2) is 0 Å². The van der Waals surface area contributed by atoms with Crippen molar-refractivity contribution in [2.24, 2.45) is 0 Å². The van der Waals surface area contributed by atoms with Crippen molar-refractivity contribution < 1.29 is 9.72 Å². The second-order valence-electron chi connectivity index (χ2n) is 7.97. The summed E-state index contributed by atoms with van der Waals surface area (Å²) in [6, 6.07) is 18.1. The number of H-pyrrole nitrogens is 1.